The van der Waals surface area contributed by atoms with Crippen LogP contribution in [0.2, 0.25) is 0 Å². The van der Waals surface area contributed by atoms with Gasteiger partial charge in [0.1, 0.15) is 0 Å². The van der Waals surface area contributed by atoms with E-state index in [9.17, 15) is 4.79 Å². The van der Waals surface area contributed by atoms with Gasteiger partial charge >= 0.3 is 0 Å². The van der Waals surface area contributed by atoms with Crippen LogP contribution in [-0.4, -0.2) is 69.7 Å². The molecule has 1 fully saturated rings. The second-order valence-corrected chi connectivity index (χ2v) is 9.57. The number of hydrogen-bond acceptors (Lipinski definition) is 10. The Kier molecular flexibility index (Phi) is 7.11. The molecule has 0 radical (unpaired) electrons. The van der Waals surface area contributed by atoms with Crippen molar-refractivity contribution in [3.63, 3.8) is 0 Å². The van der Waals surface area contributed by atoms with Gasteiger partial charge < -0.3 is 34.3 Å². The molecule has 0 atom stereocenters. The first-order valence-corrected chi connectivity index (χ1v) is 13.3. The Hall–Kier alpha value is -5.13. The maximum Gasteiger partial charge on any atom is 0.231 e. The van der Waals surface area contributed by atoms with E-state index in [0.717, 1.165) is 29.6 Å². The highest BCUT2D eigenvalue weighted by Crippen LogP contribution is 2.41. The Morgan fingerprint density at radius 3 is 2.46 bits per heavy atom. The smallest absolute Gasteiger partial charge is 0.231 e. The zero-order valence-electron chi connectivity index (χ0n) is 23.0. The Morgan fingerprint density at radius 1 is 0.902 bits per heavy atom. The van der Waals surface area contributed by atoms with Gasteiger partial charge in [0.15, 0.2) is 28.5 Å². The number of anilines is 4. The first-order valence-electron chi connectivity index (χ1n) is 13.3. The van der Waals surface area contributed by atoms with Crippen molar-refractivity contribution in [2.24, 2.45) is 0 Å². The third kappa shape index (κ3) is 5.23. The van der Waals surface area contributed by atoms with Gasteiger partial charge in [0, 0.05) is 61.1 Å². The lowest BCUT2D eigenvalue weighted by molar-refractivity contribution is -0.127. The van der Waals surface area contributed by atoms with Crippen molar-refractivity contribution in [3.8, 4) is 17.2 Å². The number of rotatable bonds is 10. The molecule has 41 heavy (non-hydrogen) atoms. The Labute approximate surface area is 236 Å². The fraction of sp³-hybridized carbons (Fsp3) is 0.276. The molecule has 2 aromatic carbocycles. The van der Waals surface area contributed by atoms with Crippen molar-refractivity contribution in [2.45, 2.75) is 19.4 Å². The molecule has 1 saturated heterocycles. The van der Waals surface area contributed by atoms with Gasteiger partial charge in [0.25, 0.3) is 0 Å². The molecule has 1 aliphatic rings. The summed E-state index contributed by atoms with van der Waals surface area (Å²) in [7, 11) is 4.69. The van der Waals surface area contributed by atoms with E-state index in [0.29, 0.717) is 65.4 Å². The molecule has 0 spiro atoms. The van der Waals surface area contributed by atoms with Crippen LogP contribution in [0.5, 0.6) is 17.2 Å². The highest BCUT2D eigenvalue weighted by Gasteiger charge is 2.21. The molecule has 1 amide bonds. The van der Waals surface area contributed by atoms with Gasteiger partial charge in [-0.3, -0.25) is 9.78 Å². The number of nitrogens with zero attached hydrogens (tertiary/aromatic N) is 6. The summed E-state index contributed by atoms with van der Waals surface area (Å²) in [4.78, 5) is 32.7. The van der Waals surface area contributed by atoms with E-state index < -0.39 is 0 Å². The van der Waals surface area contributed by atoms with Crippen molar-refractivity contribution in [2.75, 3.05) is 45.1 Å². The summed E-state index contributed by atoms with van der Waals surface area (Å²) in [5.41, 5.74) is 3.59. The number of carbonyl (C=O) groups excluding carboxylic acids is 1. The molecule has 0 saturated carbocycles. The number of ether oxygens (including phenoxy) is 3. The summed E-state index contributed by atoms with van der Waals surface area (Å²) in [5, 5.41) is 7.69. The number of pyridine rings is 1. The first kappa shape index (κ1) is 26.1. The summed E-state index contributed by atoms with van der Waals surface area (Å²) in [6.45, 7) is 1.92. The average Bonchev–Trinajstić information content (AvgIpc) is 3.60. The van der Waals surface area contributed by atoms with Crippen LogP contribution in [0, 0.1) is 0 Å². The molecule has 1 aliphatic heterocycles. The van der Waals surface area contributed by atoms with Crippen LogP contribution in [0.15, 0.2) is 55.0 Å². The van der Waals surface area contributed by atoms with Gasteiger partial charge in [-0.05, 0) is 30.7 Å². The van der Waals surface area contributed by atoms with Crippen molar-refractivity contribution < 1.29 is 19.0 Å². The van der Waals surface area contributed by atoms with Crippen LogP contribution < -0.4 is 24.8 Å². The van der Waals surface area contributed by atoms with Crippen LogP contribution in [0.25, 0.3) is 22.1 Å². The van der Waals surface area contributed by atoms with E-state index in [1.54, 1.807) is 46.0 Å². The number of carbonyl (C=O) groups is 1. The fourth-order valence-electron chi connectivity index (χ4n) is 4.99. The Bertz CT molecular complexity index is 1710. The lowest BCUT2D eigenvalue weighted by Gasteiger charge is -2.16. The monoisotopic (exact) mass is 554 g/mol. The molecular formula is C29H30N8O4. The molecule has 0 bridgehead atoms. The third-order valence-electron chi connectivity index (χ3n) is 7.03. The van der Waals surface area contributed by atoms with Crippen LogP contribution in [-0.2, 0) is 11.3 Å². The van der Waals surface area contributed by atoms with E-state index >= 15 is 0 Å². The molecule has 12 nitrogen and oxygen atoms in total. The van der Waals surface area contributed by atoms with Crippen LogP contribution in [0.4, 0.5) is 23.1 Å². The highest BCUT2D eigenvalue weighted by molar-refractivity contribution is 5.88. The van der Waals surface area contributed by atoms with Gasteiger partial charge in [0.05, 0.1) is 33.2 Å². The molecule has 0 aliphatic carbocycles. The SMILES string of the molecule is COc1cc(Nc2nc(Nc3ccc4ncccc4c3)nc3c2ncn3CCN2CCCC2=O)cc(OC)c1OC. The minimum Gasteiger partial charge on any atom is -0.493 e. The maximum atomic E-state index is 12.2. The van der Waals surface area contributed by atoms with E-state index in [-0.39, 0.29) is 5.91 Å². The standard InChI is InChI=1S/C29H30N8O4/c1-39-22-15-20(16-23(40-2)26(22)41-3)32-27-25-28(37(17-31-25)13-12-36-11-5-7-24(36)38)35-29(34-27)33-19-8-9-21-18(14-19)6-4-10-30-21/h4,6,8-10,14-17H,5,7,11-13H2,1-3H3,(H2,32,33,34,35). The third-order valence-corrected chi connectivity index (χ3v) is 7.03. The summed E-state index contributed by atoms with van der Waals surface area (Å²) in [5.74, 6) is 2.55. The minimum absolute atomic E-state index is 0.182. The maximum absolute atomic E-state index is 12.2. The van der Waals surface area contributed by atoms with E-state index in [1.807, 2.05) is 39.8 Å². The molecule has 12 heteroatoms. The lowest BCUT2D eigenvalue weighted by Crippen LogP contribution is -2.28. The summed E-state index contributed by atoms with van der Waals surface area (Å²) in [6.07, 6.45) is 4.99. The fourth-order valence-corrected chi connectivity index (χ4v) is 4.99. The quantitative estimate of drug-likeness (QED) is 0.254. The Morgan fingerprint density at radius 2 is 1.73 bits per heavy atom. The molecule has 4 heterocycles. The number of likely N-dealkylation sites (tertiary alicyclic amines) is 1. The second kappa shape index (κ2) is 11.2. The summed E-state index contributed by atoms with van der Waals surface area (Å²) in [6, 6.07) is 13.4. The van der Waals surface area contributed by atoms with Crippen LogP contribution in [0.1, 0.15) is 12.8 Å². The number of aromatic nitrogens is 5. The predicted octanol–water partition coefficient (Wildman–Crippen LogP) is 4.51. The number of hydrogen-bond donors (Lipinski definition) is 2. The van der Waals surface area contributed by atoms with Crippen LogP contribution >= 0.6 is 0 Å². The van der Waals surface area contributed by atoms with Gasteiger partial charge in [-0.25, -0.2) is 4.98 Å². The normalized spacial score (nSPS) is 13.1. The van der Waals surface area contributed by atoms with Crippen LogP contribution in [0.3, 0.4) is 0 Å². The molecule has 5 aromatic rings. The number of methoxy groups -OCH3 is 3. The minimum atomic E-state index is 0.182. The molecule has 6 rings (SSSR count). The number of amides is 1. The molecule has 2 N–H and O–H groups in total. The summed E-state index contributed by atoms with van der Waals surface area (Å²) >= 11 is 0. The van der Waals surface area contributed by atoms with Gasteiger partial charge in [0.2, 0.25) is 17.6 Å². The zero-order valence-corrected chi connectivity index (χ0v) is 23.0. The van der Waals surface area contributed by atoms with Crippen molar-refractivity contribution in [1.29, 1.82) is 0 Å². The topological polar surface area (TPSA) is 129 Å². The van der Waals surface area contributed by atoms with E-state index in [4.69, 9.17) is 24.2 Å². The van der Waals surface area contributed by atoms with Gasteiger partial charge in [-0.1, -0.05) is 6.07 Å². The molecular weight excluding hydrogens is 524 g/mol. The van der Waals surface area contributed by atoms with Crippen molar-refractivity contribution >= 4 is 51.1 Å². The van der Waals surface area contributed by atoms with E-state index in [1.165, 1.54) is 0 Å². The zero-order chi connectivity index (χ0) is 28.3. The second-order valence-electron chi connectivity index (χ2n) is 9.57. The number of benzene rings is 2. The number of imidazole rings is 1. The Balaban J connectivity index is 1.39. The molecule has 3 aromatic heterocycles. The predicted molar refractivity (Wildman–Crippen MR) is 156 cm³/mol. The first-order chi connectivity index (χ1) is 20.1. The number of nitrogens with one attached hydrogen (secondary N) is 2. The van der Waals surface area contributed by atoms with Gasteiger partial charge in [-0.15, -0.1) is 0 Å². The number of fused-ring (bicyclic) bond motifs is 2. The highest BCUT2D eigenvalue weighted by atomic mass is 16.5. The van der Waals surface area contributed by atoms with Gasteiger partial charge in [-0.2, -0.15) is 9.97 Å². The van der Waals surface area contributed by atoms with E-state index in [2.05, 4.69) is 20.6 Å². The summed E-state index contributed by atoms with van der Waals surface area (Å²) < 4.78 is 18.5. The van der Waals surface area contributed by atoms with Crippen molar-refractivity contribution in [3.05, 3.63) is 55.0 Å². The lowest BCUT2D eigenvalue weighted by atomic mass is 10.2. The van der Waals surface area contributed by atoms with Crippen molar-refractivity contribution in [1.82, 2.24) is 29.4 Å². The largest absolute Gasteiger partial charge is 0.493 e. The average molecular weight is 555 g/mol. The molecule has 0 unspecified atom stereocenters. The molecule has 210 valence electrons.